The molecule has 0 saturated heterocycles. The lowest BCUT2D eigenvalue weighted by molar-refractivity contribution is 0.602. The highest BCUT2D eigenvalue weighted by atomic mass is 15.0. The standard InChI is InChI=1S/C46H33N/c1-45(2)34-21-10-7-16-30(34)39-40-33-18-9-12-23-36(33)47(44(40)41-31-17-8-11-22-35(31)46(3,4)43(41)42(39)45)37-25-24-29-27-15-6-5-14-26(27)28-19-13-20-32(37)38(28)29/h5-25H,1-4H3. The minimum atomic E-state index is -0.144. The van der Waals surface area contributed by atoms with Crippen molar-refractivity contribution in [3.63, 3.8) is 0 Å². The summed E-state index contributed by atoms with van der Waals surface area (Å²) in [6.45, 7) is 9.80. The molecule has 0 N–H and O–H groups in total. The van der Waals surface area contributed by atoms with E-state index in [0.717, 1.165) is 0 Å². The molecule has 1 heterocycles. The number of para-hydroxylation sites is 1. The van der Waals surface area contributed by atoms with Crippen molar-refractivity contribution in [3.8, 4) is 50.2 Å². The molecule has 0 saturated carbocycles. The van der Waals surface area contributed by atoms with Crippen LogP contribution in [0.4, 0.5) is 0 Å². The summed E-state index contributed by atoms with van der Waals surface area (Å²) in [6, 6.07) is 48.0. The number of aromatic nitrogens is 1. The highest BCUT2D eigenvalue weighted by Gasteiger charge is 2.48. The van der Waals surface area contributed by atoms with Gasteiger partial charge < -0.3 is 4.57 Å². The van der Waals surface area contributed by atoms with Crippen LogP contribution in [0.5, 0.6) is 0 Å². The molecule has 8 aromatic rings. The van der Waals surface area contributed by atoms with Crippen molar-refractivity contribution in [1.82, 2.24) is 4.57 Å². The Balaban J connectivity index is 1.40. The van der Waals surface area contributed by atoms with E-state index in [9.17, 15) is 0 Å². The van der Waals surface area contributed by atoms with Crippen LogP contribution in [-0.2, 0) is 10.8 Å². The van der Waals surface area contributed by atoms with E-state index < -0.39 is 0 Å². The summed E-state index contributed by atoms with van der Waals surface area (Å²) in [5.41, 5.74) is 20.3. The summed E-state index contributed by atoms with van der Waals surface area (Å²) in [5, 5.41) is 5.37. The normalized spacial score (nSPS) is 15.6. The lowest BCUT2D eigenvalue weighted by Crippen LogP contribution is -2.24. The molecule has 0 atom stereocenters. The van der Waals surface area contributed by atoms with E-state index in [2.05, 4.69) is 160 Å². The Morgan fingerprint density at radius 2 is 0.915 bits per heavy atom. The average Bonchev–Trinajstić information content (AvgIpc) is 3.76. The van der Waals surface area contributed by atoms with Gasteiger partial charge in [-0.15, -0.1) is 0 Å². The first-order valence-electron chi connectivity index (χ1n) is 16.9. The van der Waals surface area contributed by atoms with Gasteiger partial charge in [-0.1, -0.05) is 143 Å². The molecule has 1 aromatic heterocycles. The third kappa shape index (κ3) is 2.85. The largest absolute Gasteiger partial charge is 0.308 e. The van der Waals surface area contributed by atoms with Crippen molar-refractivity contribution in [2.24, 2.45) is 0 Å². The minimum absolute atomic E-state index is 0.125. The van der Waals surface area contributed by atoms with Gasteiger partial charge in [0.05, 0.1) is 16.7 Å². The Kier molecular flexibility index (Phi) is 4.55. The lowest BCUT2D eigenvalue weighted by atomic mass is 9.72. The summed E-state index contributed by atoms with van der Waals surface area (Å²) in [6.07, 6.45) is 0. The van der Waals surface area contributed by atoms with Gasteiger partial charge in [-0.25, -0.2) is 0 Å². The second-order valence-corrected chi connectivity index (χ2v) is 14.8. The zero-order valence-corrected chi connectivity index (χ0v) is 27.1. The smallest absolute Gasteiger partial charge is 0.0629 e. The molecule has 0 bridgehead atoms. The molecular formula is C46H33N. The van der Waals surface area contributed by atoms with Crippen LogP contribution in [0, 0.1) is 0 Å². The monoisotopic (exact) mass is 599 g/mol. The minimum Gasteiger partial charge on any atom is -0.308 e. The van der Waals surface area contributed by atoms with Gasteiger partial charge in [0.2, 0.25) is 0 Å². The topological polar surface area (TPSA) is 4.93 Å². The van der Waals surface area contributed by atoms with Crippen LogP contribution in [0.25, 0.3) is 82.8 Å². The zero-order chi connectivity index (χ0) is 31.4. The summed E-state index contributed by atoms with van der Waals surface area (Å²) < 4.78 is 2.63. The Hall–Kier alpha value is -5.40. The van der Waals surface area contributed by atoms with E-state index in [1.54, 1.807) is 0 Å². The van der Waals surface area contributed by atoms with Gasteiger partial charge in [-0.2, -0.15) is 0 Å². The van der Waals surface area contributed by atoms with E-state index in [1.165, 1.54) is 105 Å². The summed E-state index contributed by atoms with van der Waals surface area (Å²) in [7, 11) is 0. The van der Waals surface area contributed by atoms with Crippen molar-refractivity contribution in [3.05, 3.63) is 150 Å². The average molecular weight is 600 g/mol. The molecule has 7 aromatic carbocycles. The summed E-state index contributed by atoms with van der Waals surface area (Å²) in [4.78, 5) is 0. The van der Waals surface area contributed by atoms with E-state index in [-0.39, 0.29) is 10.8 Å². The van der Waals surface area contributed by atoms with E-state index in [4.69, 9.17) is 0 Å². The Bertz CT molecular complexity index is 2700. The van der Waals surface area contributed by atoms with Crippen LogP contribution in [0.3, 0.4) is 0 Å². The van der Waals surface area contributed by atoms with Crippen molar-refractivity contribution in [2.45, 2.75) is 38.5 Å². The van der Waals surface area contributed by atoms with Crippen molar-refractivity contribution < 1.29 is 0 Å². The molecular weight excluding hydrogens is 567 g/mol. The van der Waals surface area contributed by atoms with Crippen LogP contribution in [-0.4, -0.2) is 4.57 Å². The van der Waals surface area contributed by atoms with Crippen LogP contribution in [0.1, 0.15) is 49.9 Å². The number of rotatable bonds is 1. The van der Waals surface area contributed by atoms with Crippen LogP contribution < -0.4 is 0 Å². The maximum absolute atomic E-state index is 2.63. The lowest BCUT2D eigenvalue weighted by Gasteiger charge is -2.31. The van der Waals surface area contributed by atoms with Crippen molar-refractivity contribution in [2.75, 3.05) is 0 Å². The highest BCUT2D eigenvalue weighted by molar-refractivity contribution is 6.25. The Morgan fingerprint density at radius 3 is 1.62 bits per heavy atom. The number of hydrogen-bond acceptors (Lipinski definition) is 0. The van der Waals surface area contributed by atoms with Crippen molar-refractivity contribution >= 4 is 32.6 Å². The molecule has 3 aliphatic carbocycles. The molecule has 222 valence electrons. The number of nitrogens with zero attached hydrogens (tertiary/aromatic N) is 1. The first-order chi connectivity index (χ1) is 22.9. The molecule has 0 unspecified atom stereocenters. The predicted molar refractivity (Wildman–Crippen MR) is 198 cm³/mol. The van der Waals surface area contributed by atoms with Gasteiger partial charge in [0.25, 0.3) is 0 Å². The number of fused-ring (bicyclic) bond motifs is 15. The predicted octanol–water partition coefficient (Wildman–Crippen LogP) is 12.2. The SMILES string of the molecule is CC1(C)c2ccccc2-c2c1c1c(c3c2c2ccccc2n3-c2ccc3c4c(cccc24)-c2ccccc2-3)-c2ccccc2C1(C)C. The number of benzene rings is 7. The first kappa shape index (κ1) is 25.8. The quantitative estimate of drug-likeness (QED) is 0.177. The third-order valence-corrected chi connectivity index (χ3v) is 11.9. The second-order valence-electron chi connectivity index (χ2n) is 14.8. The molecule has 1 nitrogen and oxygen atoms in total. The maximum Gasteiger partial charge on any atom is 0.0629 e. The van der Waals surface area contributed by atoms with Crippen LogP contribution in [0.2, 0.25) is 0 Å². The Labute approximate surface area is 274 Å². The molecule has 47 heavy (non-hydrogen) atoms. The van der Waals surface area contributed by atoms with Gasteiger partial charge in [0.1, 0.15) is 0 Å². The van der Waals surface area contributed by atoms with E-state index in [1.807, 2.05) is 0 Å². The zero-order valence-electron chi connectivity index (χ0n) is 27.1. The molecule has 0 fully saturated rings. The van der Waals surface area contributed by atoms with Gasteiger partial charge in [0.15, 0.2) is 0 Å². The summed E-state index contributed by atoms with van der Waals surface area (Å²) >= 11 is 0. The van der Waals surface area contributed by atoms with Gasteiger partial charge in [-0.05, 0) is 78.7 Å². The second kappa shape index (κ2) is 8.30. The fourth-order valence-electron chi connectivity index (χ4n) is 10.0. The Morgan fingerprint density at radius 1 is 0.404 bits per heavy atom. The molecule has 0 aliphatic heterocycles. The first-order valence-corrected chi connectivity index (χ1v) is 16.9. The number of hydrogen-bond donors (Lipinski definition) is 0. The van der Waals surface area contributed by atoms with Gasteiger partial charge in [0, 0.05) is 32.6 Å². The maximum atomic E-state index is 2.63. The molecule has 0 spiro atoms. The van der Waals surface area contributed by atoms with E-state index in [0.29, 0.717) is 0 Å². The summed E-state index contributed by atoms with van der Waals surface area (Å²) in [5.74, 6) is 0. The van der Waals surface area contributed by atoms with E-state index >= 15 is 0 Å². The van der Waals surface area contributed by atoms with Gasteiger partial charge in [-0.3, -0.25) is 0 Å². The van der Waals surface area contributed by atoms with Crippen molar-refractivity contribution in [1.29, 1.82) is 0 Å². The van der Waals surface area contributed by atoms with Gasteiger partial charge >= 0.3 is 0 Å². The molecule has 3 aliphatic rings. The molecule has 11 rings (SSSR count). The molecule has 1 heteroatoms. The molecule has 0 amide bonds. The molecule has 0 radical (unpaired) electrons. The van der Waals surface area contributed by atoms with Crippen LogP contribution in [0.15, 0.2) is 127 Å². The third-order valence-electron chi connectivity index (χ3n) is 11.9. The van der Waals surface area contributed by atoms with Crippen LogP contribution >= 0.6 is 0 Å². The fourth-order valence-corrected chi connectivity index (χ4v) is 10.0. The highest BCUT2D eigenvalue weighted by Crippen LogP contribution is 2.63. The fraction of sp³-hybridized carbons (Fsp3) is 0.130.